The largest absolute Gasteiger partial charge is 0.361 e. The molecule has 0 aliphatic heterocycles. The molecule has 0 unspecified atom stereocenters. The highest BCUT2D eigenvalue weighted by atomic mass is 35.5. The molecule has 0 saturated carbocycles. The number of benzene rings is 2. The molecule has 0 atom stereocenters. The fourth-order valence-electron chi connectivity index (χ4n) is 3.52. The van der Waals surface area contributed by atoms with Gasteiger partial charge in [-0.3, -0.25) is 4.79 Å². The summed E-state index contributed by atoms with van der Waals surface area (Å²) in [5.74, 6) is -0.192. The number of carbonyl (C=O) groups excluding carboxylic acids is 1. The first kappa shape index (κ1) is 19.3. The lowest BCUT2D eigenvalue weighted by atomic mass is 10.1. The molecule has 0 spiro atoms. The number of carbonyl (C=O) groups is 1. The van der Waals surface area contributed by atoms with E-state index in [1.807, 2.05) is 50.4 Å². The predicted molar refractivity (Wildman–Crippen MR) is 117 cm³/mol. The maximum Gasteiger partial charge on any atom is 0.256 e. The van der Waals surface area contributed by atoms with Crippen molar-refractivity contribution in [3.63, 3.8) is 0 Å². The number of nitrogens with one attached hydrogen (secondary N) is 2. The third-order valence-corrected chi connectivity index (χ3v) is 5.48. The van der Waals surface area contributed by atoms with E-state index in [1.54, 1.807) is 4.68 Å². The van der Waals surface area contributed by atoms with Gasteiger partial charge in [0.05, 0.1) is 17.8 Å². The van der Waals surface area contributed by atoms with Gasteiger partial charge in [0.2, 0.25) is 0 Å². The Morgan fingerprint density at radius 2 is 1.90 bits per heavy atom. The first-order valence-corrected chi connectivity index (χ1v) is 10.0. The Labute approximate surface area is 174 Å². The normalized spacial score (nSPS) is 11.1. The molecule has 0 aliphatic rings. The minimum atomic E-state index is -0.192. The summed E-state index contributed by atoms with van der Waals surface area (Å²) in [6.45, 7) is 4.92. The lowest BCUT2D eigenvalue weighted by molar-refractivity contribution is 0.0953. The predicted octanol–water partition coefficient (Wildman–Crippen LogP) is 4.66. The van der Waals surface area contributed by atoms with E-state index in [1.165, 1.54) is 16.5 Å². The zero-order chi connectivity index (χ0) is 20.4. The maximum atomic E-state index is 12.7. The molecule has 0 radical (unpaired) electrons. The highest BCUT2D eigenvalue weighted by Gasteiger charge is 2.20. The number of H-pyrrole nitrogens is 1. The van der Waals surface area contributed by atoms with Crippen LogP contribution in [0, 0.1) is 13.8 Å². The zero-order valence-corrected chi connectivity index (χ0v) is 17.3. The van der Waals surface area contributed by atoms with E-state index in [4.69, 9.17) is 11.6 Å². The molecule has 2 aromatic heterocycles. The number of rotatable bonds is 6. The van der Waals surface area contributed by atoms with Crippen LogP contribution in [0.4, 0.5) is 0 Å². The van der Waals surface area contributed by atoms with Gasteiger partial charge in [0, 0.05) is 23.6 Å². The summed E-state index contributed by atoms with van der Waals surface area (Å²) in [6.07, 6.45) is 2.73. The van der Waals surface area contributed by atoms with Gasteiger partial charge < -0.3 is 10.3 Å². The van der Waals surface area contributed by atoms with Crippen molar-refractivity contribution in [3.8, 4) is 0 Å². The summed E-state index contributed by atoms with van der Waals surface area (Å²) in [4.78, 5) is 16.0. The van der Waals surface area contributed by atoms with Gasteiger partial charge in [0.15, 0.2) is 0 Å². The molecule has 5 nitrogen and oxygen atoms in total. The highest BCUT2D eigenvalue weighted by Crippen LogP contribution is 2.21. The minimum Gasteiger partial charge on any atom is -0.361 e. The van der Waals surface area contributed by atoms with Crippen molar-refractivity contribution in [1.82, 2.24) is 20.1 Å². The van der Waals surface area contributed by atoms with E-state index in [2.05, 4.69) is 33.6 Å². The van der Waals surface area contributed by atoms with Crippen LogP contribution >= 0.6 is 11.6 Å². The van der Waals surface area contributed by atoms with Crippen molar-refractivity contribution in [3.05, 3.63) is 87.8 Å². The van der Waals surface area contributed by atoms with Crippen LogP contribution in [0.15, 0.2) is 54.7 Å². The molecule has 2 N–H and O–H groups in total. The Balaban J connectivity index is 1.43. The number of nitrogens with zero attached hydrogens (tertiary/aromatic N) is 2. The molecule has 0 bridgehead atoms. The van der Waals surface area contributed by atoms with E-state index in [9.17, 15) is 4.79 Å². The van der Waals surface area contributed by atoms with Crippen molar-refractivity contribution >= 4 is 28.4 Å². The molecular weight excluding hydrogens is 384 g/mol. The Kier molecular flexibility index (Phi) is 5.41. The summed E-state index contributed by atoms with van der Waals surface area (Å²) >= 11 is 6.50. The second kappa shape index (κ2) is 8.13. The molecule has 148 valence electrons. The summed E-state index contributed by atoms with van der Waals surface area (Å²) < 4.78 is 1.68. The monoisotopic (exact) mass is 406 g/mol. The van der Waals surface area contributed by atoms with Gasteiger partial charge in [-0.05, 0) is 37.5 Å². The first-order valence-electron chi connectivity index (χ1n) is 9.64. The van der Waals surface area contributed by atoms with E-state index in [-0.39, 0.29) is 5.91 Å². The van der Waals surface area contributed by atoms with Crippen LogP contribution in [0.5, 0.6) is 0 Å². The van der Waals surface area contributed by atoms with Gasteiger partial charge in [-0.25, -0.2) is 4.68 Å². The Morgan fingerprint density at radius 3 is 2.69 bits per heavy atom. The molecule has 29 heavy (non-hydrogen) atoms. The number of halogens is 1. The van der Waals surface area contributed by atoms with Gasteiger partial charge >= 0.3 is 0 Å². The number of amides is 1. The number of para-hydroxylation sites is 1. The molecular formula is C23H23ClN4O. The smallest absolute Gasteiger partial charge is 0.256 e. The van der Waals surface area contributed by atoms with Crippen LogP contribution in [0.2, 0.25) is 5.15 Å². The fourth-order valence-corrected chi connectivity index (χ4v) is 3.84. The van der Waals surface area contributed by atoms with Crippen LogP contribution < -0.4 is 5.32 Å². The lowest BCUT2D eigenvalue weighted by Gasteiger charge is -2.06. The molecule has 6 heteroatoms. The van der Waals surface area contributed by atoms with E-state index in [0.717, 1.165) is 17.5 Å². The van der Waals surface area contributed by atoms with E-state index < -0.39 is 0 Å². The Bertz CT molecular complexity index is 1160. The number of aromatic nitrogens is 3. The summed E-state index contributed by atoms with van der Waals surface area (Å²) in [5.41, 5.74) is 5.64. The average molecular weight is 407 g/mol. The number of hydrogen-bond donors (Lipinski definition) is 2. The van der Waals surface area contributed by atoms with Gasteiger partial charge in [-0.1, -0.05) is 59.6 Å². The van der Waals surface area contributed by atoms with Crippen molar-refractivity contribution in [1.29, 1.82) is 0 Å². The third-order valence-electron chi connectivity index (χ3n) is 5.10. The fraction of sp³-hybridized carbons (Fsp3) is 0.217. The number of fused-ring (bicyclic) bond motifs is 1. The van der Waals surface area contributed by atoms with Crippen LogP contribution in [0.3, 0.4) is 0 Å². The van der Waals surface area contributed by atoms with Gasteiger partial charge in [-0.15, -0.1) is 0 Å². The number of aromatic amines is 1. The minimum absolute atomic E-state index is 0.192. The second-order valence-electron chi connectivity index (χ2n) is 7.26. The summed E-state index contributed by atoms with van der Waals surface area (Å²) in [6, 6.07) is 16.3. The van der Waals surface area contributed by atoms with Crippen LogP contribution in [-0.2, 0) is 13.0 Å². The maximum absolute atomic E-state index is 12.7. The van der Waals surface area contributed by atoms with Gasteiger partial charge in [0.25, 0.3) is 5.91 Å². The van der Waals surface area contributed by atoms with Crippen molar-refractivity contribution in [2.24, 2.45) is 0 Å². The quantitative estimate of drug-likeness (QED) is 0.489. The summed E-state index contributed by atoms with van der Waals surface area (Å²) in [7, 11) is 0. The standard InChI is InChI=1S/C23H23ClN4O/c1-15-7-9-17(10-8-15)14-28-22(24)21(16(2)27-28)23(29)25-12-11-18-13-26-20-6-4-3-5-19(18)20/h3-10,13,26H,11-12,14H2,1-2H3,(H,25,29). The SMILES string of the molecule is Cc1ccc(Cn2nc(C)c(C(=O)NCCc3c[nH]c4ccccc34)c2Cl)cc1. The Hall–Kier alpha value is -3.05. The first-order chi connectivity index (χ1) is 14.0. The van der Waals surface area contributed by atoms with Crippen LogP contribution in [-0.4, -0.2) is 27.2 Å². The number of aryl methyl sites for hydroxylation is 2. The Morgan fingerprint density at radius 1 is 1.14 bits per heavy atom. The van der Waals surface area contributed by atoms with E-state index in [0.29, 0.717) is 29.5 Å². The zero-order valence-electron chi connectivity index (χ0n) is 16.5. The third kappa shape index (κ3) is 4.05. The van der Waals surface area contributed by atoms with Crippen molar-refractivity contribution in [2.75, 3.05) is 6.54 Å². The highest BCUT2D eigenvalue weighted by molar-refractivity contribution is 6.33. The average Bonchev–Trinajstić information content (AvgIpc) is 3.24. The van der Waals surface area contributed by atoms with Crippen molar-refractivity contribution in [2.45, 2.75) is 26.8 Å². The molecule has 0 fully saturated rings. The molecule has 2 aromatic carbocycles. The molecule has 0 aliphatic carbocycles. The molecule has 2 heterocycles. The molecule has 4 rings (SSSR count). The van der Waals surface area contributed by atoms with Crippen LogP contribution in [0.25, 0.3) is 10.9 Å². The van der Waals surface area contributed by atoms with Gasteiger partial charge in [0.1, 0.15) is 5.15 Å². The number of hydrogen-bond acceptors (Lipinski definition) is 2. The summed E-state index contributed by atoms with van der Waals surface area (Å²) in [5, 5.41) is 8.99. The lowest BCUT2D eigenvalue weighted by Crippen LogP contribution is -2.26. The molecule has 0 saturated heterocycles. The van der Waals surface area contributed by atoms with Gasteiger partial charge in [-0.2, -0.15) is 5.10 Å². The second-order valence-corrected chi connectivity index (χ2v) is 7.62. The molecule has 4 aromatic rings. The van der Waals surface area contributed by atoms with Crippen molar-refractivity contribution < 1.29 is 4.79 Å². The molecule has 1 amide bonds. The van der Waals surface area contributed by atoms with Crippen LogP contribution in [0.1, 0.15) is 32.7 Å². The topological polar surface area (TPSA) is 62.7 Å². The van der Waals surface area contributed by atoms with E-state index >= 15 is 0 Å².